The summed E-state index contributed by atoms with van der Waals surface area (Å²) in [7, 11) is 5.20. The molecule has 0 bridgehead atoms. The van der Waals surface area contributed by atoms with E-state index in [4.69, 9.17) is 21.1 Å². The van der Waals surface area contributed by atoms with Crippen LogP contribution in [0.3, 0.4) is 0 Å². The lowest BCUT2D eigenvalue weighted by Crippen LogP contribution is -2.25. The molecule has 7 heteroatoms. The van der Waals surface area contributed by atoms with E-state index in [-0.39, 0.29) is 5.78 Å². The van der Waals surface area contributed by atoms with Gasteiger partial charge in [-0.15, -0.1) is 11.3 Å². The largest absolute Gasteiger partial charge is 0.496 e. The van der Waals surface area contributed by atoms with Crippen LogP contribution >= 0.6 is 22.9 Å². The fraction of sp³-hybridized carbons (Fsp3) is 0.304. The molecule has 1 aromatic heterocycles. The number of halogens is 1. The molecule has 0 saturated carbocycles. The lowest BCUT2D eigenvalue weighted by atomic mass is 10.1. The number of carbonyl (C=O) groups excluding carboxylic acids is 1. The summed E-state index contributed by atoms with van der Waals surface area (Å²) in [5, 5.41) is 1.34. The fourth-order valence-corrected chi connectivity index (χ4v) is 4.52. The van der Waals surface area contributed by atoms with Gasteiger partial charge in [0.1, 0.15) is 16.5 Å². The lowest BCUT2D eigenvalue weighted by molar-refractivity contribution is 0.0946. The number of likely N-dealkylation sites (N-methyl/N-ethyl adjacent to an activating group) is 1. The number of aryl methyl sites for hydroxylation is 2. The number of benzene rings is 2. The van der Waals surface area contributed by atoms with Gasteiger partial charge in [0.25, 0.3) is 0 Å². The Morgan fingerprint density at radius 1 is 1.10 bits per heavy atom. The Morgan fingerprint density at radius 3 is 2.50 bits per heavy atom. The van der Waals surface area contributed by atoms with Crippen LogP contribution in [0, 0.1) is 13.8 Å². The van der Waals surface area contributed by atoms with E-state index in [0.717, 1.165) is 33.1 Å². The maximum atomic E-state index is 12.9. The number of nitrogens with zero attached hydrogens (tertiary/aromatic N) is 2. The van der Waals surface area contributed by atoms with Crippen LogP contribution in [0.1, 0.15) is 26.5 Å². The molecule has 30 heavy (non-hydrogen) atoms. The molecule has 0 aliphatic heterocycles. The second-order valence-corrected chi connectivity index (χ2v) is 8.61. The van der Waals surface area contributed by atoms with Gasteiger partial charge in [-0.3, -0.25) is 9.69 Å². The number of ketones is 1. The van der Waals surface area contributed by atoms with Crippen LogP contribution in [0.5, 0.6) is 11.5 Å². The summed E-state index contributed by atoms with van der Waals surface area (Å²) >= 11 is 7.44. The van der Waals surface area contributed by atoms with Crippen molar-refractivity contribution in [3.8, 4) is 22.1 Å². The molecule has 3 aromatic rings. The number of carbonyl (C=O) groups is 1. The first-order valence-electron chi connectivity index (χ1n) is 9.49. The summed E-state index contributed by atoms with van der Waals surface area (Å²) in [4.78, 5) is 20.2. The van der Waals surface area contributed by atoms with Gasteiger partial charge in [0.2, 0.25) is 0 Å². The Kier molecular flexibility index (Phi) is 7.13. The zero-order valence-corrected chi connectivity index (χ0v) is 19.4. The first kappa shape index (κ1) is 22.3. The molecule has 0 amide bonds. The van der Waals surface area contributed by atoms with E-state index in [2.05, 4.69) is 11.1 Å². The van der Waals surface area contributed by atoms with Crippen LogP contribution in [0.25, 0.3) is 10.6 Å². The van der Waals surface area contributed by atoms with Gasteiger partial charge in [-0.05, 0) is 56.3 Å². The van der Waals surface area contributed by atoms with E-state index < -0.39 is 0 Å². The van der Waals surface area contributed by atoms with Gasteiger partial charge in [0.05, 0.1) is 36.9 Å². The highest BCUT2D eigenvalue weighted by Gasteiger charge is 2.19. The van der Waals surface area contributed by atoms with Crippen LogP contribution in [-0.2, 0) is 6.54 Å². The molecular formula is C23H25ClN2O3S. The Bertz CT molecular complexity index is 1060. The predicted octanol–water partition coefficient (Wildman–Crippen LogP) is 5.41. The topological polar surface area (TPSA) is 51.7 Å². The highest BCUT2D eigenvalue weighted by molar-refractivity contribution is 7.17. The Hall–Kier alpha value is -2.41. The first-order chi connectivity index (χ1) is 14.3. The van der Waals surface area contributed by atoms with Crippen LogP contribution in [-0.4, -0.2) is 43.5 Å². The molecule has 0 unspecified atom stereocenters. The van der Waals surface area contributed by atoms with Gasteiger partial charge in [-0.2, -0.15) is 0 Å². The fourth-order valence-electron chi connectivity index (χ4n) is 3.34. The third-order valence-electron chi connectivity index (χ3n) is 4.77. The van der Waals surface area contributed by atoms with Gasteiger partial charge in [0.15, 0.2) is 5.78 Å². The zero-order chi connectivity index (χ0) is 21.8. The van der Waals surface area contributed by atoms with Gasteiger partial charge in [-0.1, -0.05) is 23.7 Å². The average molecular weight is 445 g/mol. The summed E-state index contributed by atoms with van der Waals surface area (Å²) in [6.07, 6.45) is 0. The second kappa shape index (κ2) is 9.60. The van der Waals surface area contributed by atoms with E-state index in [1.807, 2.05) is 44.0 Å². The van der Waals surface area contributed by atoms with E-state index in [1.165, 1.54) is 11.3 Å². The molecule has 5 nitrogen and oxygen atoms in total. The van der Waals surface area contributed by atoms with Crippen molar-refractivity contribution in [2.24, 2.45) is 0 Å². The number of methoxy groups -OCH3 is 2. The zero-order valence-electron chi connectivity index (χ0n) is 17.8. The van der Waals surface area contributed by atoms with Crippen molar-refractivity contribution in [1.82, 2.24) is 9.88 Å². The minimum atomic E-state index is 0.0527. The molecule has 2 aromatic carbocycles. The van der Waals surface area contributed by atoms with Gasteiger partial charge >= 0.3 is 0 Å². The number of thiazole rings is 1. The number of hydrogen-bond acceptors (Lipinski definition) is 6. The van der Waals surface area contributed by atoms with Crippen molar-refractivity contribution in [2.75, 3.05) is 27.8 Å². The van der Waals surface area contributed by atoms with Crippen molar-refractivity contribution >= 4 is 28.7 Å². The Labute approximate surface area is 186 Å². The average Bonchev–Trinajstić information content (AvgIpc) is 3.09. The Balaban J connectivity index is 1.74. The van der Waals surface area contributed by atoms with E-state index >= 15 is 0 Å². The van der Waals surface area contributed by atoms with E-state index in [0.29, 0.717) is 28.7 Å². The molecule has 0 saturated heterocycles. The highest BCUT2D eigenvalue weighted by Crippen LogP contribution is 2.36. The molecule has 0 aliphatic carbocycles. The molecule has 3 rings (SSSR count). The maximum Gasteiger partial charge on any atom is 0.188 e. The summed E-state index contributed by atoms with van der Waals surface area (Å²) in [5.74, 6) is 1.56. The molecular weight excluding hydrogens is 420 g/mol. The minimum Gasteiger partial charge on any atom is -0.496 e. The summed E-state index contributed by atoms with van der Waals surface area (Å²) in [6, 6.07) is 11.5. The van der Waals surface area contributed by atoms with Gasteiger partial charge < -0.3 is 9.47 Å². The number of ether oxygens (including phenoxy) is 2. The lowest BCUT2D eigenvalue weighted by Gasteiger charge is -2.16. The second-order valence-electron chi connectivity index (χ2n) is 7.18. The van der Waals surface area contributed by atoms with Gasteiger partial charge in [0, 0.05) is 11.6 Å². The molecule has 0 spiro atoms. The summed E-state index contributed by atoms with van der Waals surface area (Å²) in [6.45, 7) is 4.86. The van der Waals surface area contributed by atoms with Crippen molar-refractivity contribution < 1.29 is 14.3 Å². The number of aromatic nitrogens is 1. The molecule has 158 valence electrons. The summed E-state index contributed by atoms with van der Waals surface area (Å²) < 4.78 is 10.7. The van der Waals surface area contributed by atoms with Crippen LogP contribution in [0.4, 0.5) is 0 Å². The standard InChI is InChI=1S/C23H25ClN2O3S/c1-14-10-16(6-9-20(14)28-4)12-26(3)13-19(27)22-15(2)25-23(30-22)18-8-7-17(24)11-21(18)29-5/h6-11H,12-13H2,1-5H3. The van der Waals surface area contributed by atoms with Gasteiger partial charge in [-0.25, -0.2) is 4.98 Å². The quantitative estimate of drug-likeness (QED) is 0.434. The third-order valence-corrected chi connectivity index (χ3v) is 6.24. The van der Waals surface area contributed by atoms with Crippen LogP contribution in [0.15, 0.2) is 36.4 Å². The van der Waals surface area contributed by atoms with Crippen LogP contribution < -0.4 is 9.47 Å². The molecule has 0 atom stereocenters. The highest BCUT2D eigenvalue weighted by atomic mass is 35.5. The predicted molar refractivity (Wildman–Crippen MR) is 122 cm³/mol. The maximum absolute atomic E-state index is 12.9. The minimum absolute atomic E-state index is 0.0527. The first-order valence-corrected chi connectivity index (χ1v) is 10.7. The molecule has 0 fully saturated rings. The van der Waals surface area contributed by atoms with Crippen molar-refractivity contribution in [3.05, 3.63) is 63.1 Å². The Morgan fingerprint density at radius 2 is 1.83 bits per heavy atom. The number of Topliss-reactive ketones (excluding diaryl/α,β-unsaturated/α-hetero) is 1. The van der Waals surface area contributed by atoms with Crippen molar-refractivity contribution in [1.29, 1.82) is 0 Å². The SMILES string of the molecule is COc1ccc(CN(C)CC(=O)c2sc(-c3ccc(Cl)cc3OC)nc2C)cc1C. The van der Waals surface area contributed by atoms with Crippen molar-refractivity contribution in [3.63, 3.8) is 0 Å². The smallest absolute Gasteiger partial charge is 0.188 e. The molecule has 0 radical (unpaired) electrons. The van der Waals surface area contributed by atoms with E-state index in [9.17, 15) is 4.79 Å². The normalized spacial score (nSPS) is 11.0. The molecule has 0 aliphatic rings. The van der Waals surface area contributed by atoms with Crippen molar-refractivity contribution in [2.45, 2.75) is 20.4 Å². The molecule has 0 N–H and O–H groups in total. The number of rotatable bonds is 8. The monoisotopic (exact) mass is 444 g/mol. The van der Waals surface area contributed by atoms with E-state index in [1.54, 1.807) is 26.4 Å². The summed E-state index contributed by atoms with van der Waals surface area (Å²) in [5.41, 5.74) is 3.77. The van der Waals surface area contributed by atoms with Crippen LogP contribution in [0.2, 0.25) is 5.02 Å². The molecule has 1 heterocycles. The third kappa shape index (κ3) is 5.01. The number of hydrogen-bond donors (Lipinski definition) is 0.